The zero-order chi connectivity index (χ0) is 14.8. The summed E-state index contributed by atoms with van der Waals surface area (Å²) in [7, 11) is 1.81. The third-order valence-electron chi connectivity index (χ3n) is 5.13. The number of hydrogen-bond acceptors (Lipinski definition) is 4. The number of amides is 2. The fraction of sp³-hybridized carbons (Fsp3) is 0.867. The van der Waals surface area contributed by atoms with Crippen LogP contribution in [0.3, 0.4) is 0 Å². The molecule has 0 bridgehead atoms. The van der Waals surface area contributed by atoms with Gasteiger partial charge in [0.25, 0.3) is 0 Å². The molecular formula is C15H26N4O2. The van der Waals surface area contributed by atoms with Gasteiger partial charge in [0.2, 0.25) is 11.8 Å². The number of likely N-dealkylation sites (N-methyl/N-ethyl adjacent to an activating group) is 1. The Labute approximate surface area is 126 Å². The number of rotatable bonds is 2. The van der Waals surface area contributed by atoms with Crippen LogP contribution in [0.1, 0.15) is 25.7 Å². The average Bonchev–Trinajstić information content (AvgIpc) is 2.99. The van der Waals surface area contributed by atoms with E-state index >= 15 is 0 Å². The number of carbonyl (C=O) groups excluding carboxylic acids is 2. The quantitative estimate of drug-likeness (QED) is 0.746. The van der Waals surface area contributed by atoms with Crippen molar-refractivity contribution in [2.45, 2.75) is 37.8 Å². The van der Waals surface area contributed by atoms with Crippen molar-refractivity contribution in [1.82, 2.24) is 20.0 Å². The highest BCUT2D eigenvalue weighted by molar-refractivity contribution is 5.88. The summed E-state index contributed by atoms with van der Waals surface area (Å²) in [5.41, 5.74) is 0. The Hall–Kier alpha value is -1.14. The van der Waals surface area contributed by atoms with Gasteiger partial charge in [-0.1, -0.05) is 0 Å². The van der Waals surface area contributed by atoms with E-state index in [1.807, 2.05) is 0 Å². The number of nitrogens with one attached hydrogen (secondary N) is 1. The van der Waals surface area contributed by atoms with Crippen LogP contribution < -0.4 is 5.32 Å². The summed E-state index contributed by atoms with van der Waals surface area (Å²) < 4.78 is 0. The summed E-state index contributed by atoms with van der Waals surface area (Å²) in [6.45, 7) is 4.72. The summed E-state index contributed by atoms with van der Waals surface area (Å²) in [6.07, 6.45) is 4.31. The maximum atomic E-state index is 12.8. The third-order valence-corrected chi connectivity index (χ3v) is 5.13. The second-order valence-electron chi connectivity index (χ2n) is 6.45. The number of likely N-dealkylation sites (tertiary alicyclic amines) is 1. The molecule has 3 fully saturated rings. The van der Waals surface area contributed by atoms with Crippen LogP contribution in [-0.4, -0.2) is 84.9 Å². The van der Waals surface area contributed by atoms with Crippen LogP contribution in [0, 0.1) is 0 Å². The molecule has 3 rings (SSSR count). The standard InChI is InChI=1S/C15H26N4O2/c1-17-9-10-18(11-14(17)20)15(21)13-3-2-8-19(13)12-4-6-16-7-5-12/h12-13,16H,2-11H2,1H3. The van der Waals surface area contributed by atoms with E-state index in [1.54, 1.807) is 16.8 Å². The lowest BCUT2D eigenvalue weighted by atomic mass is 10.0. The van der Waals surface area contributed by atoms with Crippen molar-refractivity contribution in [3.8, 4) is 0 Å². The van der Waals surface area contributed by atoms with Crippen molar-refractivity contribution in [2.24, 2.45) is 0 Å². The molecule has 0 spiro atoms. The molecule has 1 unspecified atom stereocenters. The van der Waals surface area contributed by atoms with Crippen LogP contribution in [0.25, 0.3) is 0 Å². The first kappa shape index (κ1) is 14.8. The predicted octanol–water partition coefficient (Wildman–Crippen LogP) is -0.497. The molecule has 3 aliphatic heterocycles. The first-order valence-corrected chi connectivity index (χ1v) is 8.16. The SMILES string of the molecule is CN1CCN(C(=O)C2CCCN2C2CCNCC2)CC1=O. The number of piperidine rings is 1. The fourth-order valence-corrected chi connectivity index (χ4v) is 3.79. The molecule has 0 aromatic carbocycles. The summed E-state index contributed by atoms with van der Waals surface area (Å²) in [4.78, 5) is 30.5. The van der Waals surface area contributed by atoms with Crippen LogP contribution >= 0.6 is 0 Å². The maximum absolute atomic E-state index is 12.8. The molecule has 3 saturated heterocycles. The van der Waals surface area contributed by atoms with Gasteiger partial charge < -0.3 is 15.1 Å². The summed E-state index contributed by atoms with van der Waals surface area (Å²) in [5, 5.41) is 3.38. The van der Waals surface area contributed by atoms with Crippen molar-refractivity contribution >= 4 is 11.8 Å². The Kier molecular flexibility index (Phi) is 4.45. The second-order valence-corrected chi connectivity index (χ2v) is 6.45. The number of carbonyl (C=O) groups is 2. The maximum Gasteiger partial charge on any atom is 0.241 e. The number of nitrogens with zero attached hydrogens (tertiary/aromatic N) is 3. The molecular weight excluding hydrogens is 268 g/mol. The normalized spacial score (nSPS) is 29.2. The van der Waals surface area contributed by atoms with Gasteiger partial charge in [0.15, 0.2) is 0 Å². The minimum absolute atomic E-state index is 0.00399. The van der Waals surface area contributed by atoms with Crippen LogP contribution in [0.5, 0.6) is 0 Å². The predicted molar refractivity (Wildman–Crippen MR) is 79.8 cm³/mol. The molecule has 0 radical (unpaired) electrons. The molecule has 118 valence electrons. The summed E-state index contributed by atoms with van der Waals surface area (Å²) >= 11 is 0. The van der Waals surface area contributed by atoms with E-state index < -0.39 is 0 Å². The molecule has 2 amide bonds. The van der Waals surface area contributed by atoms with E-state index in [0.29, 0.717) is 19.1 Å². The van der Waals surface area contributed by atoms with Crippen molar-refractivity contribution in [2.75, 3.05) is 46.3 Å². The Bertz CT molecular complexity index is 408. The van der Waals surface area contributed by atoms with E-state index in [4.69, 9.17) is 0 Å². The van der Waals surface area contributed by atoms with Gasteiger partial charge >= 0.3 is 0 Å². The van der Waals surface area contributed by atoms with Gasteiger partial charge in [-0.3, -0.25) is 14.5 Å². The van der Waals surface area contributed by atoms with Gasteiger partial charge in [0, 0.05) is 26.2 Å². The molecule has 6 heteroatoms. The van der Waals surface area contributed by atoms with Gasteiger partial charge in [0.05, 0.1) is 12.6 Å². The molecule has 0 aromatic heterocycles. The molecule has 3 heterocycles. The van der Waals surface area contributed by atoms with E-state index in [2.05, 4.69) is 10.2 Å². The summed E-state index contributed by atoms with van der Waals surface area (Å²) in [6, 6.07) is 0.537. The fourth-order valence-electron chi connectivity index (χ4n) is 3.79. The van der Waals surface area contributed by atoms with E-state index in [0.717, 1.165) is 45.3 Å². The Morgan fingerprint density at radius 1 is 1.14 bits per heavy atom. The average molecular weight is 294 g/mol. The lowest BCUT2D eigenvalue weighted by Gasteiger charge is -2.39. The molecule has 1 N–H and O–H groups in total. The van der Waals surface area contributed by atoms with Gasteiger partial charge in [-0.05, 0) is 45.3 Å². The highest BCUT2D eigenvalue weighted by Gasteiger charge is 2.39. The Morgan fingerprint density at radius 2 is 1.90 bits per heavy atom. The van der Waals surface area contributed by atoms with Gasteiger partial charge in [-0.15, -0.1) is 0 Å². The largest absolute Gasteiger partial charge is 0.342 e. The van der Waals surface area contributed by atoms with Crippen molar-refractivity contribution in [3.05, 3.63) is 0 Å². The highest BCUT2D eigenvalue weighted by Crippen LogP contribution is 2.26. The molecule has 0 saturated carbocycles. The summed E-state index contributed by atoms with van der Waals surface area (Å²) in [5.74, 6) is 0.230. The third kappa shape index (κ3) is 3.06. The molecule has 3 aliphatic rings. The van der Waals surface area contributed by atoms with E-state index in [-0.39, 0.29) is 24.4 Å². The Balaban J connectivity index is 1.64. The van der Waals surface area contributed by atoms with Gasteiger partial charge in [-0.25, -0.2) is 0 Å². The molecule has 21 heavy (non-hydrogen) atoms. The van der Waals surface area contributed by atoms with Crippen LogP contribution in [0.15, 0.2) is 0 Å². The van der Waals surface area contributed by atoms with Crippen LogP contribution in [-0.2, 0) is 9.59 Å². The van der Waals surface area contributed by atoms with Crippen LogP contribution in [0.2, 0.25) is 0 Å². The van der Waals surface area contributed by atoms with Crippen molar-refractivity contribution in [3.63, 3.8) is 0 Å². The highest BCUT2D eigenvalue weighted by atomic mass is 16.2. The van der Waals surface area contributed by atoms with Gasteiger partial charge in [0.1, 0.15) is 0 Å². The molecule has 6 nitrogen and oxygen atoms in total. The number of piperazine rings is 1. The Morgan fingerprint density at radius 3 is 2.62 bits per heavy atom. The van der Waals surface area contributed by atoms with Crippen molar-refractivity contribution < 1.29 is 9.59 Å². The van der Waals surface area contributed by atoms with Gasteiger partial charge in [-0.2, -0.15) is 0 Å². The zero-order valence-electron chi connectivity index (χ0n) is 12.9. The topological polar surface area (TPSA) is 55.9 Å². The lowest BCUT2D eigenvalue weighted by molar-refractivity contribution is -0.147. The molecule has 1 atom stereocenters. The monoisotopic (exact) mass is 294 g/mol. The smallest absolute Gasteiger partial charge is 0.241 e. The number of hydrogen-bond donors (Lipinski definition) is 1. The van der Waals surface area contributed by atoms with E-state index in [9.17, 15) is 9.59 Å². The zero-order valence-corrected chi connectivity index (χ0v) is 12.9. The molecule has 0 aliphatic carbocycles. The lowest BCUT2D eigenvalue weighted by Crippen LogP contribution is -2.56. The van der Waals surface area contributed by atoms with E-state index in [1.165, 1.54) is 0 Å². The second kappa shape index (κ2) is 6.32. The minimum atomic E-state index is 0.00399. The van der Waals surface area contributed by atoms with Crippen molar-refractivity contribution in [1.29, 1.82) is 0 Å². The minimum Gasteiger partial charge on any atom is -0.342 e. The first-order chi connectivity index (χ1) is 10.2. The van der Waals surface area contributed by atoms with Crippen LogP contribution in [0.4, 0.5) is 0 Å². The first-order valence-electron chi connectivity index (χ1n) is 8.16. The molecule has 0 aromatic rings.